The Bertz CT molecular complexity index is 1040. The maximum Gasteiger partial charge on any atom is 0.279 e. The van der Waals surface area contributed by atoms with Crippen LogP contribution in [-0.2, 0) is 11.3 Å². The minimum Gasteiger partial charge on any atom is -0.302 e. The molecule has 0 atom stereocenters. The number of hydrazone groups is 1. The monoisotopic (exact) mass is 360 g/mol. The smallest absolute Gasteiger partial charge is 0.279 e. The largest absolute Gasteiger partial charge is 0.302 e. The predicted molar refractivity (Wildman–Crippen MR) is 98.9 cm³/mol. The van der Waals surface area contributed by atoms with E-state index in [9.17, 15) is 4.79 Å². The van der Waals surface area contributed by atoms with Crippen molar-refractivity contribution in [2.24, 2.45) is 5.10 Å². The van der Waals surface area contributed by atoms with Crippen LogP contribution >= 0.6 is 11.3 Å². The maximum absolute atomic E-state index is 12.9. The van der Waals surface area contributed by atoms with Gasteiger partial charge in [0.2, 0.25) is 5.13 Å². The minimum atomic E-state index is -0.203. The Hall–Kier alpha value is -3.57. The summed E-state index contributed by atoms with van der Waals surface area (Å²) in [7, 11) is 0. The molecule has 0 fully saturated rings. The van der Waals surface area contributed by atoms with Gasteiger partial charge in [-0.3, -0.25) is 10.2 Å². The molecule has 8 heteroatoms. The van der Waals surface area contributed by atoms with Crippen LogP contribution < -0.4 is 10.3 Å². The summed E-state index contributed by atoms with van der Waals surface area (Å²) in [6.07, 6.45) is 0. The molecule has 7 nitrogen and oxygen atoms in total. The van der Waals surface area contributed by atoms with Crippen LogP contribution in [0.1, 0.15) is 16.7 Å². The number of fused-ring (bicyclic) bond motifs is 1. The summed E-state index contributed by atoms with van der Waals surface area (Å²) in [5.74, 6) is -0.203. The first-order chi connectivity index (χ1) is 12.8. The fourth-order valence-corrected chi connectivity index (χ4v) is 3.16. The average molecular weight is 360 g/mol. The highest BCUT2D eigenvalue weighted by atomic mass is 32.1. The second kappa shape index (κ2) is 6.74. The van der Waals surface area contributed by atoms with Gasteiger partial charge in [-0.25, -0.2) is 0 Å². The molecule has 2 aromatic carbocycles. The Balaban J connectivity index is 1.67. The van der Waals surface area contributed by atoms with Gasteiger partial charge in [-0.05, 0) is 23.8 Å². The fourth-order valence-electron chi connectivity index (χ4n) is 2.77. The van der Waals surface area contributed by atoms with Gasteiger partial charge < -0.3 is 4.90 Å². The molecule has 126 valence electrons. The van der Waals surface area contributed by atoms with E-state index in [4.69, 9.17) is 5.26 Å². The molecule has 1 N–H and O–H groups in total. The number of nitriles is 1. The van der Waals surface area contributed by atoms with Gasteiger partial charge in [-0.1, -0.05) is 41.7 Å². The van der Waals surface area contributed by atoms with Gasteiger partial charge in [0.1, 0.15) is 5.51 Å². The Labute approximate surface area is 153 Å². The standard InChI is InChI=1S/C18H12N6OS/c19-9-12-4-3-5-13(8-12)10-24-15-7-2-1-6-14(15)16(17(24)25)21-23-18-22-20-11-26-18/h1-8,11H,10H2,(H,22,23). The van der Waals surface area contributed by atoms with Crippen LogP contribution in [0.5, 0.6) is 0 Å². The van der Waals surface area contributed by atoms with Crippen molar-refractivity contribution in [3.05, 3.63) is 70.7 Å². The van der Waals surface area contributed by atoms with Crippen molar-refractivity contribution in [2.45, 2.75) is 6.54 Å². The van der Waals surface area contributed by atoms with Crippen LogP contribution in [0.3, 0.4) is 0 Å². The molecule has 26 heavy (non-hydrogen) atoms. The Morgan fingerprint density at radius 1 is 1.23 bits per heavy atom. The summed E-state index contributed by atoms with van der Waals surface area (Å²) >= 11 is 1.30. The molecule has 0 saturated heterocycles. The van der Waals surface area contributed by atoms with Crippen molar-refractivity contribution in [1.29, 1.82) is 5.26 Å². The van der Waals surface area contributed by atoms with Gasteiger partial charge in [0, 0.05) is 5.56 Å². The Morgan fingerprint density at radius 2 is 2.12 bits per heavy atom. The normalized spacial score (nSPS) is 14.3. The van der Waals surface area contributed by atoms with Gasteiger partial charge in [-0.15, -0.1) is 10.2 Å². The van der Waals surface area contributed by atoms with Crippen molar-refractivity contribution in [3.63, 3.8) is 0 Å². The van der Waals surface area contributed by atoms with Crippen molar-refractivity contribution in [1.82, 2.24) is 10.2 Å². The first kappa shape index (κ1) is 15.9. The highest BCUT2D eigenvalue weighted by Crippen LogP contribution is 2.30. The molecular formula is C18H12N6OS. The first-order valence-corrected chi connectivity index (χ1v) is 8.64. The number of aromatic nitrogens is 2. The third kappa shape index (κ3) is 2.92. The average Bonchev–Trinajstić information content (AvgIpc) is 3.28. The highest BCUT2D eigenvalue weighted by molar-refractivity contribution is 7.13. The molecular weight excluding hydrogens is 348 g/mol. The van der Waals surface area contributed by atoms with E-state index >= 15 is 0 Å². The van der Waals surface area contributed by atoms with E-state index in [0.29, 0.717) is 23.0 Å². The van der Waals surface area contributed by atoms with E-state index in [1.165, 1.54) is 11.3 Å². The topological polar surface area (TPSA) is 94.3 Å². The third-order valence-corrected chi connectivity index (χ3v) is 4.51. The molecule has 0 aliphatic carbocycles. The van der Waals surface area contributed by atoms with Crippen molar-refractivity contribution >= 4 is 33.8 Å². The fraction of sp³-hybridized carbons (Fsp3) is 0.0556. The summed E-state index contributed by atoms with van der Waals surface area (Å²) < 4.78 is 0. The Kier molecular flexibility index (Phi) is 4.13. The number of anilines is 2. The van der Waals surface area contributed by atoms with Gasteiger partial charge in [-0.2, -0.15) is 10.4 Å². The van der Waals surface area contributed by atoms with Crippen molar-refractivity contribution < 1.29 is 4.79 Å². The molecule has 2 heterocycles. The third-order valence-electron chi connectivity index (χ3n) is 3.92. The SMILES string of the molecule is N#Cc1cccc(CN2C(=O)C(=NNc3nncs3)c3ccccc32)c1. The zero-order chi connectivity index (χ0) is 17.9. The molecule has 1 aromatic heterocycles. The lowest BCUT2D eigenvalue weighted by Gasteiger charge is -2.17. The lowest BCUT2D eigenvalue weighted by Crippen LogP contribution is -2.30. The zero-order valence-electron chi connectivity index (χ0n) is 13.5. The second-order valence-corrected chi connectivity index (χ2v) is 6.37. The Morgan fingerprint density at radius 3 is 2.92 bits per heavy atom. The van der Waals surface area contributed by atoms with Crippen LogP contribution in [0.25, 0.3) is 0 Å². The van der Waals surface area contributed by atoms with E-state index in [1.807, 2.05) is 36.4 Å². The second-order valence-electron chi connectivity index (χ2n) is 5.54. The predicted octanol–water partition coefficient (Wildman–Crippen LogP) is 2.77. The van der Waals surface area contributed by atoms with Gasteiger partial charge in [0.15, 0.2) is 5.71 Å². The number of para-hydroxylation sites is 1. The number of rotatable bonds is 4. The molecule has 3 aromatic rings. The summed E-state index contributed by atoms with van der Waals surface area (Å²) in [6.45, 7) is 0.364. The van der Waals surface area contributed by atoms with Crippen molar-refractivity contribution in [2.75, 3.05) is 10.3 Å². The lowest BCUT2D eigenvalue weighted by molar-refractivity contribution is -0.112. The molecule has 1 amide bonds. The lowest BCUT2D eigenvalue weighted by atomic mass is 10.1. The molecule has 0 spiro atoms. The van der Waals surface area contributed by atoms with E-state index in [2.05, 4.69) is 26.8 Å². The van der Waals surface area contributed by atoms with E-state index in [-0.39, 0.29) is 5.91 Å². The molecule has 1 aliphatic rings. The minimum absolute atomic E-state index is 0.203. The molecule has 0 unspecified atom stereocenters. The summed E-state index contributed by atoms with van der Waals surface area (Å²) in [5.41, 5.74) is 7.68. The number of hydrogen-bond acceptors (Lipinski definition) is 7. The molecule has 4 rings (SSSR count). The number of nitrogens with zero attached hydrogens (tertiary/aromatic N) is 5. The van der Waals surface area contributed by atoms with Gasteiger partial charge >= 0.3 is 0 Å². The summed E-state index contributed by atoms with van der Waals surface area (Å²) in [5, 5.41) is 21.4. The van der Waals surface area contributed by atoms with Crippen LogP contribution in [0.4, 0.5) is 10.8 Å². The van der Waals surface area contributed by atoms with E-state index in [0.717, 1.165) is 16.8 Å². The first-order valence-electron chi connectivity index (χ1n) is 7.76. The van der Waals surface area contributed by atoms with Crippen molar-refractivity contribution in [3.8, 4) is 6.07 Å². The van der Waals surface area contributed by atoms with Gasteiger partial charge in [0.25, 0.3) is 5.91 Å². The molecule has 0 radical (unpaired) electrons. The van der Waals surface area contributed by atoms with E-state index in [1.54, 1.807) is 22.5 Å². The maximum atomic E-state index is 12.9. The number of carbonyl (C=O) groups is 1. The molecule has 1 aliphatic heterocycles. The van der Waals surface area contributed by atoms with E-state index < -0.39 is 0 Å². The number of benzene rings is 2. The quantitative estimate of drug-likeness (QED) is 0.722. The van der Waals surface area contributed by atoms with Crippen LogP contribution in [0, 0.1) is 11.3 Å². The van der Waals surface area contributed by atoms with Crippen LogP contribution in [0.15, 0.2) is 59.1 Å². The molecule has 0 saturated carbocycles. The highest BCUT2D eigenvalue weighted by Gasteiger charge is 2.34. The van der Waals surface area contributed by atoms with Gasteiger partial charge in [0.05, 0.1) is 23.9 Å². The number of carbonyl (C=O) groups excluding carboxylic acids is 1. The summed E-state index contributed by atoms with van der Waals surface area (Å²) in [6, 6.07) is 16.8. The summed E-state index contributed by atoms with van der Waals surface area (Å²) in [4.78, 5) is 14.6. The number of hydrogen-bond donors (Lipinski definition) is 1. The van der Waals surface area contributed by atoms with Crippen LogP contribution in [0.2, 0.25) is 0 Å². The molecule has 0 bridgehead atoms. The number of amides is 1. The zero-order valence-corrected chi connectivity index (χ0v) is 14.3. The number of nitrogens with one attached hydrogen (secondary N) is 1. The van der Waals surface area contributed by atoms with Crippen LogP contribution in [-0.4, -0.2) is 21.8 Å².